The molecular weight excluding hydrogens is 455 g/mol. The van der Waals surface area contributed by atoms with Gasteiger partial charge in [0.25, 0.3) is 0 Å². The molecule has 1 aliphatic rings. The van der Waals surface area contributed by atoms with Crippen molar-refractivity contribution in [2.24, 2.45) is 4.99 Å². The van der Waals surface area contributed by atoms with Gasteiger partial charge in [-0.3, -0.25) is 4.99 Å². The van der Waals surface area contributed by atoms with E-state index in [9.17, 15) is 8.78 Å². The number of halogens is 3. The highest BCUT2D eigenvalue weighted by atomic mass is 127. The first kappa shape index (κ1) is 20.1. The van der Waals surface area contributed by atoms with Gasteiger partial charge in [-0.25, -0.2) is 8.78 Å². The van der Waals surface area contributed by atoms with Gasteiger partial charge in [0.2, 0.25) is 0 Å². The average Bonchev–Trinajstić information content (AvgIpc) is 3.08. The van der Waals surface area contributed by atoms with Crippen molar-refractivity contribution >= 4 is 41.3 Å². The van der Waals surface area contributed by atoms with E-state index in [1.807, 2.05) is 13.0 Å². The molecule has 1 heterocycles. The second kappa shape index (κ2) is 9.47. The third kappa shape index (κ3) is 5.37. The Balaban J connectivity index is 0.00000225. The minimum Gasteiger partial charge on any atom is -0.357 e. The summed E-state index contributed by atoms with van der Waals surface area (Å²) in [4.78, 5) is 5.85. The first-order valence-corrected chi connectivity index (χ1v) is 9.08. The zero-order valence-corrected chi connectivity index (χ0v) is 17.1. The van der Waals surface area contributed by atoms with E-state index < -0.39 is 11.6 Å². The van der Waals surface area contributed by atoms with E-state index in [1.165, 1.54) is 23.1 Å². The lowest BCUT2D eigenvalue weighted by Gasteiger charge is -2.11. The molecule has 2 unspecified atom stereocenters. The minimum absolute atomic E-state index is 0. The van der Waals surface area contributed by atoms with Crippen molar-refractivity contribution in [1.29, 1.82) is 0 Å². The highest BCUT2D eigenvalue weighted by molar-refractivity contribution is 14.0. The number of nitrogens with one attached hydrogen (secondary N) is 2. The number of hydrogen-bond acceptors (Lipinski definition) is 2. The molecular formula is C18H22F2IN3S. The maximum atomic E-state index is 13.8. The van der Waals surface area contributed by atoms with Gasteiger partial charge in [0.1, 0.15) is 11.6 Å². The molecule has 0 radical (unpaired) electrons. The van der Waals surface area contributed by atoms with Crippen molar-refractivity contribution in [3.8, 4) is 0 Å². The van der Waals surface area contributed by atoms with Crippen molar-refractivity contribution < 1.29 is 8.78 Å². The van der Waals surface area contributed by atoms with Crippen LogP contribution in [0.25, 0.3) is 0 Å². The van der Waals surface area contributed by atoms with Crippen LogP contribution in [0.2, 0.25) is 0 Å². The second-order valence-corrected chi connectivity index (χ2v) is 6.85. The fraction of sp³-hybridized carbons (Fsp3) is 0.389. The highest BCUT2D eigenvalue weighted by Crippen LogP contribution is 2.43. The molecule has 1 aromatic carbocycles. The van der Waals surface area contributed by atoms with E-state index >= 15 is 0 Å². The van der Waals surface area contributed by atoms with Gasteiger partial charge >= 0.3 is 0 Å². The van der Waals surface area contributed by atoms with Crippen molar-refractivity contribution in [2.45, 2.75) is 31.7 Å². The Morgan fingerprint density at radius 1 is 1.24 bits per heavy atom. The van der Waals surface area contributed by atoms with Crippen molar-refractivity contribution in [1.82, 2.24) is 10.6 Å². The van der Waals surface area contributed by atoms with E-state index in [0.29, 0.717) is 18.9 Å². The molecule has 3 rings (SSSR count). The first-order chi connectivity index (χ1) is 11.7. The molecule has 25 heavy (non-hydrogen) atoms. The predicted octanol–water partition coefficient (Wildman–Crippen LogP) is 4.30. The van der Waals surface area contributed by atoms with Crippen LogP contribution in [0.1, 0.15) is 29.7 Å². The molecule has 0 spiro atoms. The Kier molecular flexibility index (Phi) is 7.61. The van der Waals surface area contributed by atoms with Crippen LogP contribution < -0.4 is 10.6 Å². The smallest absolute Gasteiger partial charge is 0.191 e. The standard InChI is InChI=1S/C18H21F2N3S.HI/c1-2-21-18(22-9-8-12-5-4-10-24-12)23-16-11-13(16)17-14(19)6-3-7-15(17)20;/h3-7,10,13,16H,2,8-9,11H2,1H3,(H2,21,22,23);1H. The fourth-order valence-electron chi connectivity index (χ4n) is 2.77. The molecule has 1 aromatic heterocycles. The summed E-state index contributed by atoms with van der Waals surface area (Å²) in [6.45, 7) is 3.43. The third-order valence-electron chi connectivity index (χ3n) is 4.04. The molecule has 2 atom stereocenters. The fourth-order valence-corrected chi connectivity index (χ4v) is 3.47. The summed E-state index contributed by atoms with van der Waals surface area (Å²) in [6, 6.07) is 8.18. The Hall–Kier alpha value is -1.22. The van der Waals surface area contributed by atoms with E-state index in [0.717, 1.165) is 13.0 Å². The van der Waals surface area contributed by atoms with Gasteiger partial charge in [-0.15, -0.1) is 35.3 Å². The number of aliphatic imine (C=N–C) groups is 1. The lowest BCUT2D eigenvalue weighted by atomic mass is 10.1. The van der Waals surface area contributed by atoms with Gasteiger partial charge in [-0.05, 0) is 36.9 Å². The molecule has 7 heteroatoms. The summed E-state index contributed by atoms with van der Waals surface area (Å²) < 4.78 is 27.7. The summed E-state index contributed by atoms with van der Waals surface area (Å²) in [5, 5.41) is 8.53. The lowest BCUT2D eigenvalue weighted by molar-refractivity contribution is 0.553. The maximum Gasteiger partial charge on any atom is 0.191 e. The number of nitrogens with zero attached hydrogens (tertiary/aromatic N) is 1. The molecule has 1 aliphatic carbocycles. The van der Waals surface area contributed by atoms with Gasteiger partial charge in [0.05, 0.1) is 0 Å². The van der Waals surface area contributed by atoms with Crippen LogP contribution in [0.3, 0.4) is 0 Å². The topological polar surface area (TPSA) is 36.4 Å². The van der Waals surface area contributed by atoms with Crippen molar-refractivity contribution in [2.75, 3.05) is 13.1 Å². The monoisotopic (exact) mass is 477 g/mol. The van der Waals surface area contributed by atoms with Crippen LogP contribution in [-0.2, 0) is 6.42 Å². The van der Waals surface area contributed by atoms with Crippen LogP contribution >= 0.6 is 35.3 Å². The summed E-state index contributed by atoms with van der Waals surface area (Å²) in [5.74, 6) is -0.362. The van der Waals surface area contributed by atoms with Gasteiger partial charge in [-0.2, -0.15) is 0 Å². The summed E-state index contributed by atoms with van der Waals surface area (Å²) in [7, 11) is 0. The largest absolute Gasteiger partial charge is 0.357 e. The van der Waals surface area contributed by atoms with Gasteiger partial charge in [0, 0.05) is 41.9 Å². The SMILES string of the molecule is CCNC(=NCCc1cccs1)NC1CC1c1c(F)cccc1F.I. The van der Waals surface area contributed by atoms with Crippen molar-refractivity contribution in [3.05, 3.63) is 57.8 Å². The van der Waals surface area contributed by atoms with Crippen LogP contribution in [0.15, 0.2) is 40.7 Å². The zero-order chi connectivity index (χ0) is 16.9. The summed E-state index contributed by atoms with van der Waals surface area (Å²) in [5.41, 5.74) is 0.185. The number of benzene rings is 1. The molecule has 2 aromatic rings. The van der Waals surface area contributed by atoms with E-state index in [4.69, 9.17) is 0 Å². The number of rotatable bonds is 6. The van der Waals surface area contributed by atoms with Crippen LogP contribution in [0.4, 0.5) is 8.78 Å². The maximum absolute atomic E-state index is 13.8. The molecule has 1 saturated carbocycles. The van der Waals surface area contributed by atoms with E-state index in [-0.39, 0.29) is 41.5 Å². The van der Waals surface area contributed by atoms with Crippen LogP contribution in [0, 0.1) is 11.6 Å². The average molecular weight is 477 g/mol. The summed E-state index contributed by atoms with van der Waals surface area (Å²) >= 11 is 1.72. The van der Waals surface area contributed by atoms with Crippen LogP contribution in [0.5, 0.6) is 0 Å². The molecule has 3 nitrogen and oxygen atoms in total. The van der Waals surface area contributed by atoms with Gasteiger partial charge in [-0.1, -0.05) is 12.1 Å². The van der Waals surface area contributed by atoms with Gasteiger partial charge < -0.3 is 10.6 Å². The predicted molar refractivity (Wildman–Crippen MR) is 110 cm³/mol. The van der Waals surface area contributed by atoms with Crippen molar-refractivity contribution in [3.63, 3.8) is 0 Å². The minimum atomic E-state index is -0.469. The third-order valence-corrected chi connectivity index (χ3v) is 4.97. The Morgan fingerprint density at radius 3 is 2.64 bits per heavy atom. The molecule has 2 N–H and O–H groups in total. The van der Waals surface area contributed by atoms with E-state index in [2.05, 4.69) is 27.1 Å². The zero-order valence-electron chi connectivity index (χ0n) is 14.0. The Labute approximate surface area is 168 Å². The number of guanidine groups is 1. The molecule has 0 bridgehead atoms. The number of hydrogen-bond donors (Lipinski definition) is 2. The van der Waals surface area contributed by atoms with Gasteiger partial charge in [0.15, 0.2) is 5.96 Å². The Morgan fingerprint density at radius 2 is 2.00 bits per heavy atom. The quantitative estimate of drug-likeness (QED) is 0.370. The molecule has 136 valence electrons. The molecule has 0 saturated heterocycles. The number of thiophene rings is 1. The summed E-state index contributed by atoms with van der Waals surface area (Å²) in [6.07, 6.45) is 1.61. The second-order valence-electron chi connectivity index (χ2n) is 5.82. The normalized spacial score (nSPS) is 19.2. The highest BCUT2D eigenvalue weighted by Gasteiger charge is 2.42. The van der Waals surface area contributed by atoms with E-state index in [1.54, 1.807) is 11.3 Å². The first-order valence-electron chi connectivity index (χ1n) is 8.20. The molecule has 1 fully saturated rings. The lowest BCUT2D eigenvalue weighted by Crippen LogP contribution is -2.39. The molecule has 0 amide bonds. The molecule has 0 aliphatic heterocycles. The van der Waals surface area contributed by atoms with Crippen LogP contribution in [-0.4, -0.2) is 25.1 Å². The Bertz CT molecular complexity index is 686.